The van der Waals surface area contributed by atoms with Crippen LogP contribution in [-0.2, 0) is 4.74 Å². The van der Waals surface area contributed by atoms with Gasteiger partial charge in [-0.25, -0.2) is 4.79 Å². The molecule has 9 nitrogen and oxygen atoms in total. The molecule has 1 aliphatic rings. The number of guanidine groups is 1. The number of piperidine rings is 1. The fourth-order valence-electron chi connectivity index (χ4n) is 3.22. The summed E-state index contributed by atoms with van der Waals surface area (Å²) >= 11 is 0. The maximum absolute atomic E-state index is 11.6. The molecule has 162 valence electrons. The lowest BCUT2D eigenvalue weighted by Crippen LogP contribution is -2.49. The lowest BCUT2D eigenvalue weighted by Gasteiger charge is -2.32. The molecule has 0 aliphatic carbocycles. The van der Waals surface area contributed by atoms with Crippen molar-refractivity contribution < 1.29 is 24.1 Å². The average molecular weight is 408 g/mol. The number of benzene rings is 1. The summed E-state index contributed by atoms with van der Waals surface area (Å²) in [7, 11) is 4.54. The van der Waals surface area contributed by atoms with Crippen LogP contribution in [0.15, 0.2) is 23.2 Å². The molecule has 1 fully saturated rings. The van der Waals surface area contributed by atoms with Crippen LogP contribution in [0.2, 0.25) is 0 Å². The van der Waals surface area contributed by atoms with Gasteiger partial charge in [0.05, 0.1) is 27.9 Å². The van der Waals surface area contributed by atoms with E-state index in [1.807, 2.05) is 6.92 Å². The number of carbonyl (C=O) groups is 1. The molecule has 0 spiro atoms. The van der Waals surface area contributed by atoms with E-state index in [2.05, 4.69) is 15.6 Å². The minimum absolute atomic E-state index is 0.167. The third kappa shape index (κ3) is 6.42. The molecule has 1 unspecified atom stereocenters. The Balaban J connectivity index is 1.99. The van der Waals surface area contributed by atoms with Crippen LogP contribution in [0.1, 0.15) is 31.4 Å². The molecule has 0 bridgehead atoms. The topological polar surface area (TPSA) is 105 Å². The van der Waals surface area contributed by atoms with Crippen molar-refractivity contribution in [2.75, 3.05) is 47.5 Å². The Labute approximate surface area is 172 Å². The first-order valence-electron chi connectivity index (χ1n) is 9.80. The van der Waals surface area contributed by atoms with E-state index in [1.54, 1.807) is 37.3 Å². The lowest BCUT2D eigenvalue weighted by molar-refractivity contribution is 0.111. The van der Waals surface area contributed by atoms with Gasteiger partial charge in [-0.2, -0.15) is 0 Å². The second-order valence-electron chi connectivity index (χ2n) is 6.72. The number of aliphatic imine (C=N–C) groups is 1. The molecular formula is C20H32N4O5. The van der Waals surface area contributed by atoms with Crippen molar-refractivity contribution in [3.63, 3.8) is 0 Å². The third-order valence-electron chi connectivity index (χ3n) is 4.83. The van der Waals surface area contributed by atoms with Crippen molar-refractivity contribution in [2.24, 2.45) is 4.99 Å². The first-order valence-corrected chi connectivity index (χ1v) is 9.80. The highest BCUT2D eigenvalue weighted by Crippen LogP contribution is 2.29. The van der Waals surface area contributed by atoms with E-state index < -0.39 is 6.10 Å². The Bertz CT molecular complexity index is 689. The molecule has 1 heterocycles. The minimum atomic E-state index is -0.836. The van der Waals surface area contributed by atoms with Crippen LogP contribution in [0.3, 0.4) is 0 Å². The molecule has 1 atom stereocenters. The van der Waals surface area contributed by atoms with Gasteiger partial charge in [0.25, 0.3) is 0 Å². The zero-order valence-corrected chi connectivity index (χ0v) is 17.6. The van der Waals surface area contributed by atoms with Gasteiger partial charge in [0.15, 0.2) is 5.96 Å². The molecule has 29 heavy (non-hydrogen) atoms. The Kier molecular flexibility index (Phi) is 8.85. The largest absolute Gasteiger partial charge is 0.497 e. The smallest absolute Gasteiger partial charge is 0.409 e. The number of ether oxygens (including phenoxy) is 3. The highest BCUT2D eigenvalue weighted by Gasteiger charge is 2.24. The first kappa shape index (κ1) is 22.6. The standard InChI is InChI=1S/C20H32N4O5/c1-5-21-19(23-14-8-10-24(11-9-14)20(26)29-4)22-13-17(25)16-12-15(27-2)6-7-18(16)28-3/h6-7,12,14,17,25H,5,8-11,13H2,1-4H3,(H2,21,22,23). The van der Waals surface area contributed by atoms with Crippen molar-refractivity contribution >= 4 is 12.1 Å². The van der Waals surface area contributed by atoms with Gasteiger partial charge >= 0.3 is 6.09 Å². The molecule has 1 aromatic carbocycles. The fraction of sp³-hybridized carbons (Fsp3) is 0.600. The van der Waals surface area contributed by atoms with Crippen LogP contribution in [0, 0.1) is 0 Å². The van der Waals surface area contributed by atoms with Crippen LogP contribution in [0.5, 0.6) is 11.5 Å². The summed E-state index contributed by atoms with van der Waals surface area (Å²) < 4.78 is 15.4. The maximum Gasteiger partial charge on any atom is 0.409 e. The van der Waals surface area contributed by atoms with Crippen LogP contribution in [-0.4, -0.2) is 75.6 Å². The normalized spacial score (nSPS) is 16.2. The average Bonchev–Trinajstić information content (AvgIpc) is 2.76. The Hall–Kier alpha value is -2.68. The highest BCUT2D eigenvalue weighted by molar-refractivity contribution is 5.80. The summed E-state index contributed by atoms with van der Waals surface area (Å²) in [6.45, 7) is 4.12. The number of nitrogens with zero attached hydrogens (tertiary/aromatic N) is 2. The zero-order chi connectivity index (χ0) is 21.2. The summed E-state index contributed by atoms with van der Waals surface area (Å²) in [5.74, 6) is 1.86. The zero-order valence-electron chi connectivity index (χ0n) is 17.6. The number of amides is 1. The van der Waals surface area contributed by atoms with Gasteiger partial charge in [-0.15, -0.1) is 0 Å². The number of methoxy groups -OCH3 is 3. The number of likely N-dealkylation sites (tertiary alicyclic amines) is 1. The molecule has 0 saturated carbocycles. The van der Waals surface area contributed by atoms with Gasteiger partial charge in [0.2, 0.25) is 0 Å². The van der Waals surface area contributed by atoms with Crippen LogP contribution < -0.4 is 20.1 Å². The molecule has 0 radical (unpaired) electrons. The first-order chi connectivity index (χ1) is 14.0. The minimum Gasteiger partial charge on any atom is -0.497 e. The molecule has 2 rings (SSSR count). The van der Waals surface area contributed by atoms with Gasteiger partial charge in [0, 0.05) is 31.2 Å². The van der Waals surface area contributed by atoms with Crippen LogP contribution in [0.4, 0.5) is 4.79 Å². The quantitative estimate of drug-likeness (QED) is 0.464. The molecule has 3 N–H and O–H groups in total. The number of nitrogens with one attached hydrogen (secondary N) is 2. The number of aliphatic hydroxyl groups excluding tert-OH is 1. The van der Waals surface area contributed by atoms with E-state index in [-0.39, 0.29) is 18.7 Å². The molecule has 0 aromatic heterocycles. The van der Waals surface area contributed by atoms with E-state index in [1.165, 1.54) is 7.11 Å². The van der Waals surface area contributed by atoms with Gasteiger partial charge < -0.3 is 34.9 Å². The van der Waals surface area contributed by atoms with E-state index in [0.29, 0.717) is 42.7 Å². The Morgan fingerprint density at radius 1 is 1.28 bits per heavy atom. The molecule has 1 aromatic rings. The second-order valence-corrected chi connectivity index (χ2v) is 6.72. The summed E-state index contributed by atoms with van der Waals surface area (Å²) in [5.41, 5.74) is 0.623. The second kappa shape index (κ2) is 11.4. The van der Waals surface area contributed by atoms with E-state index in [9.17, 15) is 9.90 Å². The van der Waals surface area contributed by atoms with Gasteiger partial charge in [-0.1, -0.05) is 0 Å². The number of aliphatic hydroxyl groups is 1. The number of hydrogen-bond acceptors (Lipinski definition) is 6. The molecule has 1 amide bonds. The van der Waals surface area contributed by atoms with Gasteiger partial charge in [-0.05, 0) is 38.0 Å². The predicted octanol–water partition coefficient (Wildman–Crippen LogP) is 1.52. The van der Waals surface area contributed by atoms with E-state index >= 15 is 0 Å². The third-order valence-corrected chi connectivity index (χ3v) is 4.83. The summed E-state index contributed by atoms with van der Waals surface area (Å²) in [6, 6.07) is 5.49. The van der Waals surface area contributed by atoms with Crippen molar-refractivity contribution in [2.45, 2.75) is 31.9 Å². The SMILES string of the molecule is CCNC(=NCC(O)c1cc(OC)ccc1OC)NC1CCN(C(=O)OC)CC1. The van der Waals surface area contributed by atoms with Crippen LogP contribution in [0.25, 0.3) is 0 Å². The Morgan fingerprint density at radius 2 is 2.00 bits per heavy atom. The lowest BCUT2D eigenvalue weighted by atomic mass is 10.1. The summed E-state index contributed by atoms with van der Waals surface area (Å²) in [5, 5.41) is 17.2. The maximum atomic E-state index is 11.6. The van der Waals surface area contributed by atoms with Crippen molar-refractivity contribution in [1.29, 1.82) is 0 Å². The number of rotatable bonds is 7. The summed E-state index contributed by atoms with van der Waals surface area (Å²) in [4.78, 5) is 17.8. The highest BCUT2D eigenvalue weighted by atomic mass is 16.5. The van der Waals surface area contributed by atoms with Gasteiger partial charge in [0.1, 0.15) is 17.6 Å². The Morgan fingerprint density at radius 3 is 2.59 bits per heavy atom. The monoisotopic (exact) mass is 408 g/mol. The van der Waals surface area contributed by atoms with Crippen molar-refractivity contribution in [3.8, 4) is 11.5 Å². The van der Waals surface area contributed by atoms with E-state index in [4.69, 9.17) is 14.2 Å². The van der Waals surface area contributed by atoms with Crippen molar-refractivity contribution in [3.05, 3.63) is 23.8 Å². The van der Waals surface area contributed by atoms with E-state index in [0.717, 1.165) is 12.8 Å². The predicted molar refractivity (Wildman–Crippen MR) is 111 cm³/mol. The number of carbonyl (C=O) groups excluding carboxylic acids is 1. The van der Waals surface area contributed by atoms with Crippen molar-refractivity contribution in [1.82, 2.24) is 15.5 Å². The van der Waals surface area contributed by atoms with Crippen LogP contribution >= 0.6 is 0 Å². The number of hydrogen-bond donors (Lipinski definition) is 3. The molecule has 1 saturated heterocycles. The van der Waals surface area contributed by atoms with Gasteiger partial charge in [-0.3, -0.25) is 4.99 Å². The molecular weight excluding hydrogens is 376 g/mol. The molecule has 1 aliphatic heterocycles. The fourth-order valence-corrected chi connectivity index (χ4v) is 3.22. The summed E-state index contributed by atoms with van der Waals surface area (Å²) in [6.07, 6.45) is 0.466. The molecule has 9 heteroatoms.